The van der Waals surface area contributed by atoms with Crippen LogP contribution in [0.4, 0.5) is 0 Å². The fourth-order valence-corrected chi connectivity index (χ4v) is 3.46. The fourth-order valence-electron chi connectivity index (χ4n) is 3.14. The summed E-state index contributed by atoms with van der Waals surface area (Å²) in [5.74, 6) is 0.818. The minimum Gasteiger partial charge on any atom is -0.492 e. The summed E-state index contributed by atoms with van der Waals surface area (Å²) in [6.07, 6.45) is 3.94. The van der Waals surface area contributed by atoms with Gasteiger partial charge in [-0.3, -0.25) is 9.69 Å². The molecule has 1 unspecified atom stereocenters. The molecule has 0 radical (unpaired) electrons. The van der Waals surface area contributed by atoms with Crippen LogP contribution in [0.2, 0.25) is 0 Å². The molecule has 2 aromatic rings. The minimum absolute atomic E-state index is 0.00870. The Labute approximate surface area is 155 Å². The second-order valence-electron chi connectivity index (χ2n) is 6.45. The molecule has 0 aliphatic carbocycles. The molecule has 3 rings (SSSR count). The normalized spacial score (nSPS) is 16.4. The van der Waals surface area contributed by atoms with Crippen LogP contribution >= 0.6 is 12.6 Å². The van der Waals surface area contributed by atoms with Crippen LogP contribution in [0, 0.1) is 0 Å². The minimum atomic E-state index is -0.438. The lowest BCUT2D eigenvalue weighted by molar-refractivity contribution is 0.0990. The molecule has 4 heteroatoms. The van der Waals surface area contributed by atoms with Gasteiger partial charge in [0.25, 0.3) is 0 Å². The lowest BCUT2D eigenvalue weighted by atomic mass is 10.0. The number of ketones is 1. The fraction of sp³-hybridized carbons (Fsp3) is 0.381. The number of carbonyl (C=O) groups is 1. The zero-order chi connectivity index (χ0) is 17.5. The second-order valence-corrected chi connectivity index (χ2v) is 6.97. The van der Waals surface area contributed by atoms with Crippen molar-refractivity contribution < 1.29 is 9.53 Å². The molecule has 0 N–H and O–H groups in total. The van der Waals surface area contributed by atoms with Crippen LogP contribution in [0.25, 0.3) is 0 Å². The van der Waals surface area contributed by atoms with Gasteiger partial charge in [0, 0.05) is 12.1 Å². The van der Waals surface area contributed by atoms with Crippen LogP contribution in [-0.4, -0.2) is 36.9 Å². The molecule has 0 spiro atoms. The van der Waals surface area contributed by atoms with Crippen LogP contribution in [0.3, 0.4) is 0 Å². The number of rotatable bonds is 7. The van der Waals surface area contributed by atoms with Gasteiger partial charge in [-0.25, -0.2) is 0 Å². The van der Waals surface area contributed by atoms with Gasteiger partial charge in [-0.2, -0.15) is 12.6 Å². The van der Waals surface area contributed by atoms with Crippen LogP contribution in [-0.2, 0) is 0 Å². The lowest BCUT2D eigenvalue weighted by Crippen LogP contribution is -2.33. The monoisotopic (exact) mass is 355 g/mol. The Bertz CT molecular complexity index is 666. The van der Waals surface area contributed by atoms with Crippen molar-refractivity contribution in [2.45, 2.75) is 24.5 Å². The van der Waals surface area contributed by atoms with E-state index in [1.807, 2.05) is 54.6 Å². The molecule has 1 aliphatic heterocycles. The van der Waals surface area contributed by atoms with E-state index >= 15 is 0 Å². The van der Waals surface area contributed by atoms with Gasteiger partial charge in [-0.05, 0) is 55.8 Å². The van der Waals surface area contributed by atoms with E-state index in [-0.39, 0.29) is 5.78 Å². The van der Waals surface area contributed by atoms with E-state index in [0.29, 0.717) is 12.2 Å². The molecule has 1 fully saturated rings. The summed E-state index contributed by atoms with van der Waals surface area (Å²) in [6, 6.07) is 17.0. The molecule has 0 saturated carbocycles. The van der Waals surface area contributed by atoms with Gasteiger partial charge in [-0.1, -0.05) is 36.8 Å². The highest BCUT2D eigenvalue weighted by atomic mass is 32.1. The van der Waals surface area contributed by atoms with E-state index in [1.165, 1.54) is 32.4 Å². The van der Waals surface area contributed by atoms with E-state index < -0.39 is 5.25 Å². The van der Waals surface area contributed by atoms with Gasteiger partial charge >= 0.3 is 0 Å². The standard InChI is InChI=1S/C21H25NO2S/c23-20(21(25)18-7-3-1-4-8-18)17-9-11-19(12-10-17)24-16-15-22-13-5-2-6-14-22/h1,3-4,7-12,21,25H,2,5-6,13-16H2. The average molecular weight is 356 g/mol. The summed E-state index contributed by atoms with van der Waals surface area (Å²) >= 11 is 4.48. The van der Waals surface area contributed by atoms with Gasteiger partial charge in [0.15, 0.2) is 5.78 Å². The maximum atomic E-state index is 12.6. The quantitative estimate of drug-likeness (QED) is 0.589. The second kappa shape index (κ2) is 9.07. The first kappa shape index (κ1) is 18.0. The van der Waals surface area contributed by atoms with Crippen molar-refractivity contribution in [2.24, 2.45) is 0 Å². The zero-order valence-electron chi connectivity index (χ0n) is 14.4. The number of piperidine rings is 1. The first-order valence-corrected chi connectivity index (χ1v) is 9.48. The topological polar surface area (TPSA) is 29.5 Å². The van der Waals surface area contributed by atoms with Crippen molar-refractivity contribution in [1.29, 1.82) is 0 Å². The maximum Gasteiger partial charge on any atom is 0.179 e. The molecule has 0 amide bonds. The van der Waals surface area contributed by atoms with E-state index in [4.69, 9.17) is 4.74 Å². The molecule has 1 atom stereocenters. The van der Waals surface area contributed by atoms with Crippen molar-refractivity contribution in [2.75, 3.05) is 26.2 Å². The zero-order valence-corrected chi connectivity index (χ0v) is 15.3. The average Bonchev–Trinajstić information content (AvgIpc) is 2.69. The molecular weight excluding hydrogens is 330 g/mol. The van der Waals surface area contributed by atoms with Gasteiger partial charge < -0.3 is 4.74 Å². The Morgan fingerprint density at radius 2 is 1.68 bits per heavy atom. The summed E-state index contributed by atoms with van der Waals surface area (Å²) in [5, 5.41) is -0.438. The first-order chi connectivity index (χ1) is 12.2. The predicted molar refractivity (Wildman–Crippen MR) is 105 cm³/mol. The molecule has 132 valence electrons. The SMILES string of the molecule is O=C(c1ccc(OCCN2CCCCC2)cc1)C(S)c1ccccc1. The van der Waals surface area contributed by atoms with Crippen molar-refractivity contribution in [3.05, 3.63) is 65.7 Å². The van der Waals surface area contributed by atoms with Crippen molar-refractivity contribution >= 4 is 18.4 Å². The number of likely N-dealkylation sites (tertiary alicyclic amines) is 1. The van der Waals surface area contributed by atoms with Crippen LogP contribution in [0.5, 0.6) is 5.75 Å². The first-order valence-electron chi connectivity index (χ1n) is 8.96. The van der Waals surface area contributed by atoms with Crippen molar-refractivity contribution in [3.8, 4) is 5.75 Å². The number of nitrogens with zero attached hydrogens (tertiary/aromatic N) is 1. The van der Waals surface area contributed by atoms with Gasteiger partial charge in [0.2, 0.25) is 0 Å². The summed E-state index contributed by atoms with van der Waals surface area (Å²) in [5.41, 5.74) is 1.57. The highest BCUT2D eigenvalue weighted by Gasteiger charge is 2.17. The van der Waals surface area contributed by atoms with E-state index in [0.717, 1.165) is 17.9 Å². The van der Waals surface area contributed by atoms with Crippen molar-refractivity contribution in [1.82, 2.24) is 4.90 Å². The molecule has 0 aromatic heterocycles. The number of Topliss-reactive ketones (excluding diaryl/α,β-unsaturated/α-hetero) is 1. The number of thiol groups is 1. The highest BCUT2D eigenvalue weighted by Crippen LogP contribution is 2.25. The number of benzene rings is 2. The molecule has 0 bridgehead atoms. The maximum absolute atomic E-state index is 12.6. The lowest BCUT2D eigenvalue weighted by Gasteiger charge is -2.26. The Kier molecular flexibility index (Phi) is 6.54. The molecular formula is C21H25NO2S. The number of hydrogen-bond donors (Lipinski definition) is 1. The van der Waals surface area contributed by atoms with E-state index in [9.17, 15) is 4.79 Å². The molecule has 1 aliphatic rings. The Morgan fingerprint density at radius 1 is 1.00 bits per heavy atom. The molecule has 3 nitrogen and oxygen atoms in total. The predicted octanol–water partition coefficient (Wildman–Crippen LogP) is 4.41. The number of carbonyl (C=O) groups excluding carboxylic acids is 1. The third kappa shape index (κ3) is 5.10. The smallest absolute Gasteiger partial charge is 0.179 e. The van der Waals surface area contributed by atoms with E-state index in [2.05, 4.69) is 17.5 Å². The molecule has 25 heavy (non-hydrogen) atoms. The third-order valence-corrected chi connectivity index (χ3v) is 5.16. The molecule has 2 aromatic carbocycles. The van der Waals surface area contributed by atoms with Crippen LogP contribution in [0.15, 0.2) is 54.6 Å². The largest absolute Gasteiger partial charge is 0.492 e. The Hall–Kier alpha value is -1.78. The Balaban J connectivity index is 1.52. The van der Waals surface area contributed by atoms with Crippen LogP contribution in [0.1, 0.15) is 40.4 Å². The van der Waals surface area contributed by atoms with Gasteiger partial charge in [0.05, 0.1) is 5.25 Å². The summed E-state index contributed by atoms with van der Waals surface area (Å²) in [4.78, 5) is 15.0. The molecule has 1 heterocycles. The van der Waals surface area contributed by atoms with Gasteiger partial charge in [-0.15, -0.1) is 0 Å². The van der Waals surface area contributed by atoms with E-state index in [1.54, 1.807) is 0 Å². The highest BCUT2D eigenvalue weighted by molar-refractivity contribution is 7.81. The molecule has 1 saturated heterocycles. The van der Waals surface area contributed by atoms with Crippen molar-refractivity contribution in [3.63, 3.8) is 0 Å². The number of hydrogen-bond acceptors (Lipinski definition) is 4. The summed E-state index contributed by atoms with van der Waals surface area (Å²) in [7, 11) is 0. The number of ether oxygens (including phenoxy) is 1. The van der Waals surface area contributed by atoms with Gasteiger partial charge in [0.1, 0.15) is 12.4 Å². The van der Waals surface area contributed by atoms with Crippen LogP contribution < -0.4 is 4.74 Å². The third-order valence-electron chi connectivity index (χ3n) is 4.63. The summed E-state index contributed by atoms with van der Waals surface area (Å²) in [6.45, 7) is 4.01. The summed E-state index contributed by atoms with van der Waals surface area (Å²) < 4.78 is 5.82. The Morgan fingerprint density at radius 3 is 2.36 bits per heavy atom.